The summed E-state index contributed by atoms with van der Waals surface area (Å²) < 4.78 is 0. The van der Waals surface area contributed by atoms with Gasteiger partial charge in [0.2, 0.25) is 0 Å². The van der Waals surface area contributed by atoms with Crippen molar-refractivity contribution in [3.8, 4) is 0 Å². The number of rotatable bonds is 2. The van der Waals surface area contributed by atoms with Crippen molar-refractivity contribution in [3.63, 3.8) is 0 Å². The third-order valence-electron chi connectivity index (χ3n) is 2.10. The Hall–Kier alpha value is -1.16. The summed E-state index contributed by atoms with van der Waals surface area (Å²) in [4.78, 5) is 10.0. The first-order valence-corrected chi connectivity index (χ1v) is 5.53. The summed E-state index contributed by atoms with van der Waals surface area (Å²) in [6.07, 6.45) is 0. The van der Waals surface area contributed by atoms with Gasteiger partial charge in [-0.1, -0.05) is 13.8 Å². The van der Waals surface area contributed by atoms with Crippen LogP contribution in [0, 0.1) is 0 Å². The van der Waals surface area contributed by atoms with Gasteiger partial charge >= 0.3 is 0 Å². The van der Waals surface area contributed by atoms with Gasteiger partial charge in [0, 0.05) is 13.0 Å². The minimum Gasteiger partial charge on any atom is -0.372 e. The highest BCUT2D eigenvalue weighted by Gasteiger charge is 2.09. The third-order valence-corrected chi connectivity index (χ3v) is 2.90. The van der Waals surface area contributed by atoms with Gasteiger partial charge in [0.25, 0.3) is 0 Å². The minimum absolute atomic E-state index is 0.369. The third kappa shape index (κ3) is 1.46. The number of hydrogen-bond acceptors (Lipinski definition) is 4. The number of thiophene rings is 1. The van der Waals surface area contributed by atoms with Crippen LogP contribution in [0.1, 0.15) is 25.6 Å². The Bertz CT molecular complexity index is 448. The Labute approximate surface area is 87.2 Å². The summed E-state index contributed by atoms with van der Waals surface area (Å²) in [7, 11) is 1.89. The fraction of sp³-hybridized carbons (Fsp3) is 0.400. The van der Waals surface area contributed by atoms with E-state index in [0.717, 1.165) is 21.9 Å². The maximum atomic E-state index is 4.51. The zero-order valence-corrected chi connectivity index (χ0v) is 9.35. The number of nitrogens with zero attached hydrogens (tertiary/aromatic N) is 2. The molecule has 2 aromatic rings. The molecule has 2 rings (SSSR count). The Balaban J connectivity index is 2.67. The number of nitrogens with one attached hydrogen (secondary N) is 1. The van der Waals surface area contributed by atoms with E-state index in [9.17, 15) is 0 Å². The molecule has 0 aliphatic rings. The van der Waals surface area contributed by atoms with Crippen LogP contribution in [0.25, 0.3) is 10.2 Å². The lowest BCUT2D eigenvalue weighted by molar-refractivity contribution is 0.785. The van der Waals surface area contributed by atoms with Crippen molar-refractivity contribution < 1.29 is 0 Å². The van der Waals surface area contributed by atoms with Gasteiger partial charge in [-0.25, -0.2) is 9.97 Å². The molecule has 2 heterocycles. The van der Waals surface area contributed by atoms with E-state index in [-0.39, 0.29) is 0 Å². The molecule has 0 aliphatic heterocycles. The normalized spacial score (nSPS) is 11.1. The highest BCUT2D eigenvalue weighted by Crippen LogP contribution is 2.26. The van der Waals surface area contributed by atoms with Gasteiger partial charge in [-0.15, -0.1) is 11.3 Å². The lowest BCUT2D eigenvalue weighted by Gasteiger charge is -2.07. The van der Waals surface area contributed by atoms with Crippen molar-refractivity contribution in [3.05, 3.63) is 17.3 Å². The topological polar surface area (TPSA) is 37.8 Å². The molecular formula is C10H13N3S. The summed E-state index contributed by atoms with van der Waals surface area (Å²) in [6, 6.07) is 2.05. The standard InChI is InChI=1S/C10H13N3S/c1-6(2)8-12-9(11-3)7-4-5-14-10(7)13-8/h4-6H,1-3H3,(H,11,12,13). The molecule has 2 aromatic heterocycles. The molecule has 0 fully saturated rings. The van der Waals surface area contributed by atoms with Gasteiger partial charge in [0.05, 0.1) is 5.39 Å². The average molecular weight is 207 g/mol. The Morgan fingerprint density at radius 2 is 2.14 bits per heavy atom. The number of fused-ring (bicyclic) bond motifs is 1. The highest BCUT2D eigenvalue weighted by atomic mass is 32.1. The van der Waals surface area contributed by atoms with Crippen molar-refractivity contribution in [2.24, 2.45) is 0 Å². The molecule has 0 saturated carbocycles. The van der Waals surface area contributed by atoms with Crippen LogP contribution in [-0.4, -0.2) is 17.0 Å². The van der Waals surface area contributed by atoms with Crippen LogP contribution in [0.3, 0.4) is 0 Å². The second-order valence-corrected chi connectivity index (χ2v) is 4.37. The van der Waals surface area contributed by atoms with Crippen molar-refractivity contribution >= 4 is 27.4 Å². The van der Waals surface area contributed by atoms with Crippen LogP contribution in [0.5, 0.6) is 0 Å². The first kappa shape index (κ1) is 9.40. The molecule has 14 heavy (non-hydrogen) atoms. The molecule has 0 aromatic carbocycles. The van der Waals surface area contributed by atoms with Crippen molar-refractivity contribution in [2.75, 3.05) is 12.4 Å². The highest BCUT2D eigenvalue weighted by molar-refractivity contribution is 7.16. The number of anilines is 1. The smallest absolute Gasteiger partial charge is 0.138 e. The quantitative estimate of drug-likeness (QED) is 0.822. The molecular weight excluding hydrogens is 194 g/mol. The Morgan fingerprint density at radius 1 is 1.36 bits per heavy atom. The van der Waals surface area contributed by atoms with Gasteiger partial charge in [-0.05, 0) is 11.4 Å². The van der Waals surface area contributed by atoms with Gasteiger partial charge in [0.15, 0.2) is 0 Å². The maximum absolute atomic E-state index is 4.51. The fourth-order valence-electron chi connectivity index (χ4n) is 1.32. The first-order chi connectivity index (χ1) is 6.72. The zero-order valence-electron chi connectivity index (χ0n) is 8.53. The summed E-state index contributed by atoms with van der Waals surface area (Å²) in [5.41, 5.74) is 0. The molecule has 0 aliphatic carbocycles. The first-order valence-electron chi connectivity index (χ1n) is 4.65. The van der Waals surface area contributed by atoms with E-state index >= 15 is 0 Å². The minimum atomic E-state index is 0.369. The second kappa shape index (κ2) is 3.53. The summed E-state index contributed by atoms with van der Waals surface area (Å²) in [5, 5.41) is 6.27. The zero-order chi connectivity index (χ0) is 10.1. The van der Waals surface area contributed by atoms with Gasteiger partial charge in [-0.2, -0.15) is 0 Å². The molecule has 0 spiro atoms. The Kier molecular flexibility index (Phi) is 2.37. The molecule has 0 saturated heterocycles. The van der Waals surface area contributed by atoms with Crippen LogP contribution in [0.15, 0.2) is 11.4 Å². The van der Waals surface area contributed by atoms with E-state index in [2.05, 4.69) is 35.2 Å². The number of hydrogen-bond donors (Lipinski definition) is 1. The van der Waals surface area contributed by atoms with Crippen LogP contribution < -0.4 is 5.32 Å². The van der Waals surface area contributed by atoms with Crippen LogP contribution in [0.2, 0.25) is 0 Å². The molecule has 0 radical (unpaired) electrons. The maximum Gasteiger partial charge on any atom is 0.138 e. The van der Waals surface area contributed by atoms with E-state index in [1.807, 2.05) is 12.4 Å². The van der Waals surface area contributed by atoms with Gasteiger partial charge in [0.1, 0.15) is 16.5 Å². The molecule has 3 nitrogen and oxygen atoms in total. The molecule has 0 amide bonds. The van der Waals surface area contributed by atoms with E-state index in [1.54, 1.807) is 11.3 Å². The SMILES string of the molecule is CNc1nc(C(C)C)nc2sccc12. The van der Waals surface area contributed by atoms with Crippen molar-refractivity contribution in [1.29, 1.82) is 0 Å². The van der Waals surface area contributed by atoms with Gasteiger partial charge in [-0.3, -0.25) is 0 Å². The average Bonchev–Trinajstić information content (AvgIpc) is 2.63. The second-order valence-electron chi connectivity index (χ2n) is 3.47. The largest absolute Gasteiger partial charge is 0.372 e. The van der Waals surface area contributed by atoms with Crippen LogP contribution in [0.4, 0.5) is 5.82 Å². The van der Waals surface area contributed by atoms with E-state index < -0.39 is 0 Å². The number of aromatic nitrogens is 2. The van der Waals surface area contributed by atoms with Crippen LogP contribution >= 0.6 is 11.3 Å². The van der Waals surface area contributed by atoms with E-state index in [4.69, 9.17) is 0 Å². The van der Waals surface area contributed by atoms with Crippen molar-refractivity contribution in [2.45, 2.75) is 19.8 Å². The Morgan fingerprint density at radius 3 is 2.79 bits per heavy atom. The molecule has 74 valence electrons. The molecule has 0 unspecified atom stereocenters. The lowest BCUT2D eigenvalue weighted by Crippen LogP contribution is -2.01. The van der Waals surface area contributed by atoms with E-state index in [0.29, 0.717) is 5.92 Å². The molecule has 4 heteroatoms. The van der Waals surface area contributed by atoms with E-state index in [1.165, 1.54) is 0 Å². The molecule has 0 atom stereocenters. The summed E-state index contributed by atoms with van der Waals surface area (Å²) in [5.74, 6) is 2.21. The summed E-state index contributed by atoms with van der Waals surface area (Å²) in [6.45, 7) is 4.21. The predicted molar refractivity (Wildman–Crippen MR) is 61.1 cm³/mol. The van der Waals surface area contributed by atoms with Crippen LogP contribution in [-0.2, 0) is 0 Å². The van der Waals surface area contributed by atoms with Gasteiger partial charge < -0.3 is 5.32 Å². The molecule has 0 bridgehead atoms. The lowest BCUT2D eigenvalue weighted by atomic mass is 10.2. The monoisotopic (exact) mass is 207 g/mol. The fourth-order valence-corrected chi connectivity index (χ4v) is 2.09. The predicted octanol–water partition coefficient (Wildman–Crippen LogP) is 2.86. The van der Waals surface area contributed by atoms with Crippen molar-refractivity contribution in [1.82, 2.24) is 9.97 Å². The summed E-state index contributed by atoms with van der Waals surface area (Å²) >= 11 is 1.66. The molecule has 1 N–H and O–H groups in total.